The van der Waals surface area contributed by atoms with Crippen molar-refractivity contribution in [2.24, 2.45) is 0 Å². The molecule has 0 saturated carbocycles. The first-order valence-corrected chi connectivity index (χ1v) is 8.35. The molecule has 22 heavy (non-hydrogen) atoms. The lowest BCUT2D eigenvalue weighted by atomic mass is 10.1. The molecule has 0 radical (unpaired) electrons. The molecule has 0 aliphatic carbocycles. The zero-order valence-corrected chi connectivity index (χ0v) is 14.1. The van der Waals surface area contributed by atoms with Crippen LogP contribution in [0.5, 0.6) is 0 Å². The first kappa shape index (κ1) is 16.5. The van der Waals surface area contributed by atoms with Crippen molar-refractivity contribution in [1.29, 1.82) is 0 Å². The van der Waals surface area contributed by atoms with Gasteiger partial charge in [-0.2, -0.15) is 0 Å². The summed E-state index contributed by atoms with van der Waals surface area (Å²) in [5, 5.41) is 8.72. The Hall–Kier alpha value is -1.83. The average molecular weight is 323 g/mol. The molecule has 2 rings (SSSR count). The highest BCUT2D eigenvalue weighted by Crippen LogP contribution is 2.21. The fourth-order valence-corrected chi connectivity index (χ4v) is 3.10. The number of nitrogens with one attached hydrogen (secondary N) is 1. The summed E-state index contributed by atoms with van der Waals surface area (Å²) in [7, 11) is 0. The van der Waals surface area contributed by atoms with E-state index in [0.717, 1.165) is 5.69 Å². The zero-order chi connectivity index (χ0) is 16.3. The van der Waals surface area contributed by atoms with E-state index in [4.69, 9.17) is 0 Å². The van der Waals surface area contributed by atoms with E-state index in [1.54, 1.807) is 11.0 Å². The lowest BCUT2D eigenvalue weighted by molar-refractivity contribution is -0.127. The summed E-state index contributed by atoms with van der Waals surface area (Å²) in [6, 6.07) is 1.55. The van der Waals surface area contributed by atoms with Gasteiger partial charge in [-0.05, 0) is 19.8 Å². The van der Waals surface area contributed by atoms with Crippen molar-refractivity contribution in [1.82, 2.24) is 24.5 Å². The molecular formula is C14H21N5O2S. The van der Waals surface area contributed by atoms with Crippen molar-refractivity contribution >= 4 is 23.4 Å². The van der Waals surface area contributed by atoms with Crippen LogP contribution in [-0.2, 0) is 4.79 Å². The molecule has 0 atom stereocenters. The Labute approximate surface area is 133 Å². The predicted octanol–water partition coefficient (Wildman–Crippen LogP) is 1.50. The molecule has 0 bridgehead atoms. The number of H-pyrrole nitrogens is 1. The fourth-order valence-electron chi connectivity index (χ4n) is 2.24. The second-order valence-electron chi connectivity index (χ2n) is 5.21. The van der Waals surface area contributed by atoms with Gasteiger partial charge in [0, 0.05) is 24.8 Å². The lowest BCUT2D eigenvalue weighted by Gasteiger charge is -2.18. The molecule has 2 heterocycles. The molecule has 1 amide bonds. The number of hydrogen-bond acceptors (Lipinski definition) is 5. The maximum Gasteiger partial charge on any atom is 0.252 e. The number of amides is 1. The molecule has 0 aliphatic rings. The molecule has 0 saturated heterocycles. The third-order valence-electron chi connectivity index (χ3n) is 3.44. The molecule has 2 aromatic heterocycles. The highest BCUT2D eigenvalue weighted by molar-refractivity contribution is 7.99. The van der Waals surface area contributed by atoms with Crippen LogP contribution in [0.25, 0.3) is 5.78 Å². The number of aromatic amines is 1. The monoisotopic (exact) mass is 323 g/mol. The number of thioether (sulfide) groups is 1. The van der Waals surface area contributed by atoms with Gasteiger partial charge in [-0.1, -0.05) is 25.6 Å². The maximum atomic E-state index is 12.1. The first-order chi connectivity index (χ1) is 10.5. The van der Waals surface area contributed by atoms with Crippen LogP contribution in [0.4, 0.5) is 0 Å². The molecule has 0 aromatic carbocycles. The second-order valence-corrected chi connectivity index (χ2v) is 6.15. The minimum absolute atomic E-state index is 0.0715. The van der Waals surface area contributed by atoms with E-state index in [-0.39, 0.29) is 17.4 Å². The Morgan fingerprint density at radius 2 is 2.05 bits per heavy atom. The van der Waals surface area contributed by atoms with Gasteiger partial charge in [-0.25, -0.2) is 0 Å². The predicted molar refractivity (Wildman–Crippen MR) is 86.3 cm³/mol. The van der Waals surface area contributed by atoms with Gasteiger partial charge in [-0.3, -0.25) is 19.0 Å². The average Bonchev–Trinajstić information content (AvgIpc) is 2.88. The summed E-state index contributed by atoms with van der Waals surface area (Å²) in [4.78, 5) is 28.2. The molecular weight excluding hydrogens is 302 g/mol. The van der Waals surface area contributed by atoms with Crippen LogP contribution in [0.15, 0.2) is 16.0 Å². The van der Waals surface area contributed by atoms with E-state index in [0.29, 0.717) is 29.8 Å². The van der Waals surface area contributed by atoms with Crippen molar-refractivity contribution in [3.63, 3.8) is 0 Å². The molecule has 1 N–H and O–H groups in total. The Bertz CT molecular complexity index is 718. The largest absolute Gasteiger partial charge is 0.343 e. The number of aromatic nitrogens is 4. The number of hydrogen-bond donors (Lipinski definition) is 1. The Balaban J connectivity index is 2.29. The highest BCUT2D eigenvalue weighted by atomic mass is 32.2. The second kappa shape index (κ2) is 6.95. The molecule has 120 valence electrons. The van der Waals surface area contributed by atoms with Gasteiger partial charge in [0.25, 0.3) is 5.56 Å². The summed E-state index contributed by atoms with van der Waals surface area (Å²) >= 11 is 1.34. The lowest BCUT2D eigenvalue weighted by Crippen LogP contribution is -2.31. The van der Waals surface area contributed by atoms with E-state index in [1.807, 2.05) is 32.1 Å². The Kier molecular flexibility index (Phi) is 5.23. The van der Waals surface area contributed by atoms with Crippen molar-refractivity contribution in [2.45, 2.75) is 38.8 Å². The number of fused-ring (bicyclic) bond motifs is 1. The van der Waals surface area contributed by atoms with Crippen LogP contribution in [0, 0.1) is 0 Å². The smallest absolute Gasteiger partial charge is 0.252 e. The van der Waals surface area contributed by atoms with Gasteiger partial charge >= 0.3 is 0 Å². The zero-order valence-electron chi connectivity index (χ0n) is 13.3. The van der Waals surface area contributed by atoms with Crippen molar-refractivity contribution in [3.05, 3.63) is 22.1 Å². The molecule has 0 spiro atoms. The van der Waals surface area contributed by atoms with Crippen molar-refractivity contribution in [2.75, 3.05) is 18.8 Å². The van der Waals surface area contributed by atoms with E-state index >= 15 is 0 Å². The van der Waals surface area contributed by atoms with Crippen LogP contribution in [-0.4, -0.2) is 49.2 Å². The van der Waals surface area contributed by atoms with Crippen LogP contribution in [0.3, 0.4) is 0 Å². The molecule has 2 aromatic rings. The van der Waals surface area contributed by atoms with Gasteiger partial charge in [0.15, 0.2) is 5.16 Å². The third kappa shape index (κ3) is 3.32. The molecule has 8 heteroatoms. The third-order valence-corrected chi connectivity index (χ3v) is 4.35. The number of carbonyl (C=O) groups excluding carboxylic acids is 1. The fraction of sp³-hybridized carbons (Fsp3) is 0.571. The van der Waals surface area contributed by atoms with Crippen molar-refractivity contribution in [3.8, 4) is 0 Å². The number of carbonyl (C=O) groups is 1. The van der Waals surface area contributed by atoms with Gasteiger partial charge in [0.2, 0.25) is 11.7 Å². The highest BCUT2D eigenvalue weighted by Gasteiger charge is 2.16. The summed E-state index contributed by atoms with van der Waals surface area (Å²) in [6.45, 7) is 9.32. The SMILES string of the molecule is CCN(CC)C(=O)CSc1nnc2[nH]c(=O)cc(C(C)C)n12. The van der Waals surface area contributed by atoms with Gasteiger partial charge in [0.05, 0.1) is 5.75 Å². The normalized spacial score (nSPS) is 11.3. The summed E-state index contributed by atoms with van der Waals surface area (Å²) < 4.78 is 1.81. The Morgan fingerprint density at radius 3 is 2.64 bits per heavy atom. The van der Waals surface area contributed by atoms with Crippen LogP contribution < -0.4 is 5.56 Å². The standard InChI is InChI=1S/C14H21N5O2S/c1-5-18(6-2)12(21)8-22-14-17-16-13-15-11(20)7-10(9(3)4)19(13)14/h7,9H,5-6,8H2,1-4H3,(H,15,16,20). The summed E-state index contributed by atoms with van der Waals surface area (Å²) in [6.07, 6.45) is 0. The van der Waals surface area contributed by atoms with Crippen LogP contribution in [0.2, 0.25) is 0 Å². The van der Waals surface area contributed by atoms with E-state index in [2.05, 4.69) is 15.2 Å². The van der Waals surface area contributed by atoms with Crippen molar-refractivity contribution < 1.29 is 4.79 Å². The molecule has 0 aliphatic heterocycles. The minimum atomic E-state index is -0.195. The van der Waals surface area contributed by atoms with Gasteiger partial charge in [-0.15, -0.1) is 10.2 Å². The molecule has 7 nitrogen and oxygen atoms in total. The van der Waals surface area contributed by atoms with Gasteiger partial charge < -0.3 is 4.90 Å². The molecule has 0 unspecified atom stereocenters. The number of rotatable bonds is 6. The first-order valence-electron chi connectivity index (χ1n) is 7.36. The van der Waals surface area contributed by atoms with Gasteiger partial charge in [0.1, 0.15) is 0 Å². The summed E-state index contributed by atoms with van der Waals surface area (Å²) in [5.41, 5.74) is 0.640. The topological polar surface area (TPSA) is 83.4 Å². The van der Waals surface area contributed by atoms with Crippen LogP contribution >= 0.6 is 11.8 Å². The minimum Gasteiger partial charge on any atom is -0.343 e. The quantitative estimate of drug-likeness (QED) is 0.815. The summed E-state index contributed by atoms with van der Waals surface area (Å²) in [5.74, 6) is 0.939. The van der Waals surface area contributed by atoms with E-state index < -0.39 is 0 Å². The van der Waals surface area contributed by atoms with E-state index in [9.17, 15) is 9.59 Å². The van der Waals surface area contributed by atoms with E-state index in [1.165, 1.54) is 11.8 Å². The molecule has 0 fully saturated rings. The maximum absolute atomic E-state index is 12.1. The van der Waals surface area contributed by atoms with Crippen LogP contribution in [0.1, 0.15) is 39.3 Å². The Morgan fingerprint density at radius 1 is 1.36 bits per heavy atom. The number of nitrogens with zero attached hydrogens (tertiary/aromatic N) is 4.